The van der Waals surface area contributed by atoms with Gasteiger partial charge in [0.1, 0.15) is 91.6 Å². The fourth-order valence-electron chi connectivity index (χ4n) is 16.1. The van der Waals surface area contributed by atoms with Gasteiger partial charge in [-0.2, -0.15) is 0 Å². The lowest BCUT2D eigenvalue weighted by Crippen LogP contribution is -2.68. The number of rotatable bonds is 11. The monoisotopic (exact) mass is 1080 g/mol. The average molecular weight is 1080 g/mol. The number of ether oxygens (including phenoxy) is 10. The van der Waals surface area contributed by atoms with Gasteiger partial charge in [-0.05, 0) is 84.9 Å². The van der Waals surface area contributed by atoms with Gasteiger partial charge < -0.3 is 114 Å². The lowest BCUT2D eigenvalue weighted by molar-refractivity contribution is -0.401. The van der Waals surface area contributed by atoms with Crippen molar-refractivity contribution in [2.24, 2.45) is 51.8 Å². The maximum absolute atomic E-state index is 12.1. The first-order valence-corrected chi connectivity index (χ1v) is 27.3. The van der Waals surface area contributed by atoms with Gasteiger partial charge in [-0.25, -0.2) is 0 Å². The van der Waals surface area contributed by atoms with Gasteiger partial charge in [0.25, 0.3) is 0 Å². The molecule has 6 aliphatic heterocycles. The SMILES string of the molecule is C=C1CC2C(CC[C@@]3(C)C[C@@H](O[C@@H]4O[C@H](CO)[C@H](O[C@@H]5O[C@H](CO)[C@@H](O[C@@H]6OC[C@@H](O)[C@H](O)[C@H]6O)[C@H](O)[C@H]5O[C@@H]5O[C@H](CO)[C@@H](O)[C@H](O)[C@H]5O)[C@H](O)[C@H]4O)[C@H](O)C[C@]23C)C2CC3O[C@]4(CC[C@@H](C)CO4)[C@@H](C)C3[C@@]12C. The summed E-state index contributed by atoms with van der Waals surface area (Å²) in [4.78, 5) is 0. The minimum Gasteiger partial charge on any atom is -0.394 e. The lowest BCUT2D eigenvalue weighted by atomic mass is 9.39. The summed E-state index contributed by atoms with van der Waals surface area (Å²) in [6.45, 7) is 13.9. The molecule has 23 nitrogen and oxygen atoms in total. The Labute approximate surface area is 436 Å². The third-order valence-electron chi connectivity index (χ3n) is 20.8. The van der Waals surface area contributed by atoms with E-state index in [9.17, 15) is 66.4 Å². The first kappa shape index (κ1) is 57.1. The highest BCUT2D eigenvalue weighted by Gasteiger charge is 2.72. The van der Waals surface area contributed by atoms with Gasteiger partial charge in [0.05, 0.1) is 51.3 Å². The van der Waals surface area contributed by atoms with E-state index in [1.165, 1.54) is 5.57 Å². The van der Waals surface area contributed by atoms with E-state index in [0.29, 0.717) is 43.1 Å². The molecule has 10 fully saturated rings. The van der Waals surface area contributed by atoms with Crippen LogP contribution in [0.4, 0.5) is 0 Å². The minimum absolute atomic E-state index is 0.0865. The largest absolute Gasteiger partial charge is 0.394 e. The summed E-state index contributed by atoms with van der Waals surface area (Å²) >= 11 is 0. The molecule has 1 spiro atoms. The van der Waals surface area contributed by atoms with Crippen molar-refractivity contribution < 1.29 is 114 Å². The maximum Gasteiger partial charge on any atom is 0.187 e. The fourth-order valence-corrected chi connectivity index (χ4v) is 16.1. The number of aliphatic hydroxyl groups is 13. The number of hydrogen-bond acceptors (Lipinski definition) is 23. The van der Waals surface area contributed by atoms with E-state index >= 15 is 0 Å². The molecule has 0 radical (unpaired) electrons. The summed E-state index contributed by atoms with van der Waals surface area (Å²) in [5.41, 5.74) is 0.471. The van der Waals surface area contributed by atoms with Gasteiger partial charge in [0, 0.05) is 18.3 Å². The second-order valence-electron chi connectivity index (χ2n) is 24.8. The van der Waals surface area contributed by atoms with Crippen molar-refractivity contribution in [1.29, 1.82) is 0 Å². The standard InChI is InChI=1S/C52H84O23/c1-20-7-10-52(67-18-20)22(3)33-28(75-52)12-25-23-8-9-49(4)14-29(26(56)13-50(49,5)24(23)11-21(2)51(25,33)6)68-46-40(64)37(61)42(31(16-54)70-46)73-48-44(74-47-39(63)36(60)35(59)30(15-53)69-47)41(65)43(32(17-55)71-48)72-45-38(62)34(58)27(57)19-66-45/h20,22-48,53-65H,2,7-19H2,1,3-6H3/t20-,22+,23?,24?,25?,26-,27-,28?,29-,30-,31-,32-,33?,34+,35-,36+,37-,38-,39-,40-,41+,42+,43-,44-,45+,46-,47+,48+,49+,50-,51+,52-/m1/s1. The first-order valence-electron chi connectivity index (χ1n) is 27.3. The van der Waals surface area contributed by atoms with Crippen LogP contribution in [0.3, 0.4) is 0 Å². The van der Waals surface area contributed by atoms with Gasteiger partial charge in [0.15, 0.2) is 30.9 Å². The molecule has 10 aliphatic rings. The molecule has 6 heterocycles. The van der Waals surface area contributed by atoms with Gasteiger partial charge >= 0.3 is 0 Å². The van der Waals surface area contributed by atoms with Gasteiger partial charge in [-0.1, -0.05) is 46.8 Å². The van der Waals surface area contributed by atoms with Crippen molar-refractivity contribution in [3.05, 3.63) is 12.2 Å². The summed E-state index contributed by atoms with van der Waals surface area (Å²) in [6.07, 6.45) is -29.0. The van der Waals surface area contributed by atoms with Crippen LogP contribution in [0, 0.1) is 51.8 Å². The van der Waals surface area contributed by atoms with Crippen molar-refractivity contribution in [1.82, 2.24) is 0 Å². The molecule has 430 valence electrons. The van der Waals surface area contributed by atoms with Crippen LogP contribution in [0.5, 0.6) is 0 Å². The van der Waals surface area contributed by atoms with E-state index in [1.807, 2.05) is 0 Å². The Kier molecular flexibility index (Phi) is 16.2. The summed E-state index contributed by atoms with van der Waals surface area (Å²) in [7, 11) is 0. The third kappa shape index (κ3) is 9.33. The Hall–Kier alpha value is -1.18. The van der Waals surface area contributed by atoms with Gasteiger partial charge in [-0.3, -0.25) is 0 Å². The Morgan fingerprint density at radius 2 is 1.19 bits per heavy atom. The maximum atomic E-state index is 12.1. The van der Waals surface area contributed by atoms with Gasteiger partial charge in [0.2, 0.25) is 0 Å². The predicted octanol–water partition coefficient (Wildman–Crippen LogP) is -2.74. The minimum atomic E-state index is -2.02. The molecule has 32 atom stereocenters. The van der Waals surface area contributed by atoms with Crippen LogP contribution in [-0.4, -0.2) is 240 Å². The fraction of sp³-hybridized carbons (Fsp3) is 0.962. The Bertz CT molecular complexity index is 1990. The first-order chi connectivity index (χ1) is 35.4. The molecule has 13 N–H and O–H groups in total. The van der Waals surface area contributed by atoms with Crippen molar-refractivity contribution in [3.63, 3.8) is 0 Å². The number of fused-ring (bicyclic) bond motifs is 7. The van der Waals surface area contributed by atoms with Crippen molar-refractivity contribution in [2.75, 3.05) is 33.0 Å². The van der Waals surface area contributed by atoms with Crippen LogP contribution >= 0.6 is 0 Å². The summed E-state index contributed by atoms with van der Waals surface area (Å²) < 4.78 is 61.0. The Morgan fingerprint density at radius 3 is 1.85 bits per heavy atom. The third-order valence-corrected chi connectivity index (χ3v) is 20.8. The van der Waals surface area contributed by atoms with Crippen molar-refractivity contribution >= 4 is 0 Å². The Morgan fingerprint density at radius 1 is 0.587 bits per heavy atom. The second kappa shape index (κ2) is 21.3. The molecule has 0 aromatic heterocycles. The van der Waals surface area contributed by atoms with Gasteiger partial charge in [-0.15, -0.1) is 0 Å². The second-order valence-corrected chi connectivity index (χ2v) is 24.8. The van der Waals surface area contributed by atoms with E-state index in [4.69, 9.17) is 53.9 Å². The summed E-state index contributed by atoms with van der Waals surface area (Å²) in [5, 5.41) is 142. The highest BCUT2D eigenvalue weighted by atomic mass is 16.8. The molecule has 4 saturated carbocycles. The highest BCUT2D eigenvalue weighted by molar-refractivity contribution is 5.29. The van der Waals surface area contributed by atoms with Crippen LogP contribution in [-0.2, 0) is 47.4 Å². The molecule has 6 saturated heterocycles. The zero-order valence-electron chi connectivity index (χ0n) is 43.5. The van der Waals surface area contributed by atoms with Crippen molar-refractivity contribution in [3.8, 4) is 0 Å². The Balaban J connectivity index is 0.831. The molecule has 0 aromatic carbocycles. The molecular formula is C52H84O23. The van der Waals surface area contributed by atoms with Crippen LogP contribution < -0.4 is 0 Å². The summed E-state index contributed by atoms with van der Waals surface area (Å²) in [6, 6.07) is 0. The van der Waals surface area contributed by atoms with Crippen LogP contribution in [0.2, 0.25) is 0 Å². The number of allylic oxidation sites excluding steroid dienone is 1. The predicted molar refractivity (Wildman–Crippen MR) is 253 cm³/mol. The zero-order chi connectivity index (χ0) is 54.0. The molecule has 75 heavy (non-hydrogen) atoms. The molecule has 5 unspecified atom stereocenters. The van der Waals surface area contributed by atoms with E-state index in [2.05, 4.69) is 34.6 Å². The lowest BCUT2D eigenvalue weighted by Gasteiger charge is -2.66. The molecule has 0 aromatic rings. The summed E-state index contributed by atoms with van der Waals surface area (Å²) in [5.74, 6) is 1.48. The van der Waals surface area contributed by atoms with E-state index in [1.54, 1.807) is 0 Å². The number of aliphatic hydroxyl groups excluding tert-OH is 13. The average Bonchev–Trinajstić information content (AvgIpc) is 3.90. The normalized spacial score (nSPS) is 58.0. The molecule has 23 heteroatoms. The smallest absolute Gasteiger partial charge is 0.187 e. The molecule has 10 rings (SSSR count). The zero-order valence-corrected chi connectivity index (χ0v) is 43.5. The molecule has 0 amide bonds. The highest BCUT2D eigenvalue weighted by Crippen LogP contribution is 2.74. The van der Waals surface area contributed by atoms with E-state index in [-0.39, 0.29) is 34.2 Å². The molecule has 0 bridgehead atoms. The van der Waals surface area contributed by atoms with E-state index < -0.39 is 161 Å². The molecule has 4 aliphatic carbocycles. The number of hydrogen-bond donors (Lipinski definition) is 13. The van der Waals surface area contributed by atoms with E-state index in [0.717, 1.165) is 38.5 Å². The van der Waals surface area contributed by atoms with Crippen LogP contribution in [0.25, 0.3) is 0 Å². The topological polar surface area (TPSA) is 355 Å². The molecular weight excluding hydrogens is 993 g/mol. The van der Waals surface area contributed by atoms with Crippen LogP contribution in [0.15, 0.2) is 12.2 Å². The van der Waals surface area contributed by atoms with Crippen LogP contribution in [0.1, 0.15) is 86.0 Å². The quantitative estimate of drug-likeness (QED) is 0.0737. The van der Waals surface area contributed by atoms with Crippen molar-refractivity contribution in [2.45, 2.75) is 227 Å².